The molecule has 0 unspecified atom stereocenters. The van der Waals surface area contributed by atoms with Crippen molar-refractivity contribution in [2.45, 2.75) is 34.6 Å². The van der Waals surface area contributed by atoms with Crippen LogP contribution in [0.4, 0.5) is 16.2 Å². The van der Waals surface area contributed by atoms with Crippen LogP contribution in [-0.4, -0.2) is 66.8 Å². The number of hydrogen-bond donors (Lipinski definition) is 2. The monoisotopic (exact) mass is 617 g/mol. The van der Waals surface area contributed by atoms with Crippen molar-refractivity contribution in [3.63, 3.8) is 0 Å². The highest BCUT2D eigenvalue weighted by atomic mass is 32.2. The van der Waals surface area contributed by atoms with Crippen molar-refractivity contribution in [1.82, 2.24) is 14.3 Å². The molecule has 44 heavy (non-hydrogen) atoms. The van der Waals surface area contributed by atoms with E-state index in [9.17, 15) is 9.90 Å². The molecule has 0 aliphatic carbocycles. The number of aromatic hydroxyl groups is 1. The molecule has 0 saturated carbocycles. The molecule has 3 aromatic carbocycles. The fraction of sp³-hybridized carbons (Fsp3) is 0.353. The van der Waals surface area contributed by atoms with Crippen molar-refractivity contribution in [2.24, 2.45) is 0 Å². The normalized spacial score (nSPS) is 11.0. The number of nitrogens with one attached hydrogen (secondary N) is 1. The van der Waals surface area contributed by atoms with Gasteiger partial charge >= 0.3 is 5.24 Å². The summed E-state index contributed by atoms with van der Waals surface area (Å²) in [4.78, 5) is 23.7. The zero-order chi connectivity index (χ0) is 31.8. The molecule has 10 heteroatoms. The number of hydrogen-bond acceptors (Lipinski definition) is 9. The fourth-order valence-corrected chi connectivity index (χ4v) is 5.84. The van der Waals surface area contributed by atoms with Crippen molar-refractivity contribution in [3.05, 3.63) is 60.7 Å². The Morgan fingerprint density at radius 3 is 1.70 bits per heavy atom. The van der Waals surface area contributed by atoms with Crippen LogP contribution in [-0.2, 0) is 0 Å². The minimum atomic E-state index is -0.241. The summed E-state index contributed by atoms with van der Waals surface area (Å²) in [5.41, 5.74) is 5.86. The number of aromatic nitrogens is 2. The second-order valence-corrected chi connectivity index (χ2v) is 10.8. The van der Waals surface area contributed by atoms with Crippen LogP contribution in [0, 0.1) is 0 Å². The first-order chi connectivity index (χ1) is 21.3. The molecule has 1 heterocycles. The van der Waals surface area contributed by atoms with Crippen LogP contribution in [0.3, 0.4) is 0 Å². The molecule has 0 bridgehead atoms. The Bertz CT molecular complexity index is 1520. The van der Waals surface area contributed by atoms with E-state index in [-0.39, 0.29) is 22.5 Å². The van der Waals surface area contributed by atoms with Gasteiger partial charge in [-0.15, -0.1) is 0 Å². The van der Waals surface area contributed by atoms with E-state index in [1.807, 2.05) is 19.1 Å². The van der Waals surface area contributed by atoms with Crippen LogP contribution >= 0.6 is 11.9 Å². The third kappa shape index (κ3) is 6.66. The van der Waals surface area contributed by atoms with Crippen molar-refractivity contribution in [3.8, 4) is 51.2 Å². The maximum atomic E-state index is 14.0. The zero-order valence-electron chi connectivity index (χ0n) is 26.7. The quantitative estimate of drug-likeness (QED) is 0.148. The van der Waals surface area contributed by atoms with Crippen molar-refractivity contribution in [2.75, 3.05) is 56.7 Å². The molecular weight excluding hydrogens is 574 g/mol. The minimum Gasteiger partial charge on any atom is -0.502 e. The molecule has 0 saturated heterocycles. The van der Waals surface area contributed by atoms with Gasteiger partial charge in [0.15, 0.2) is 11.5 Å². The lowest BCUT2D eigenvalue weighted by atomic mass is 10.0. The van der Waals surface area contributed by atoms with E-state index in [4.69, 9.17) is 14.5 Å². The van der Waals surface area contributed by atoms with E-state index in [2.05, 4.69) is 78.6 Å². The first-order valence-electron chi connectivity index (χ1n) is 15.1. The zero-order valence-corrected chi connectivity index (χ0v) is 27.5. The average molecular weight is 618 g/mol. The van der Waals surface area contributed by atoms with Crippen LogP contribution in [0.1, 0.15) is 34.6 Å². The maximum absolute atomic E-state index is 14.0. The fourth-order valence-electron chi connectivity index (χ4n) is 5.30. The molecule has 0 radical (unpaired) electrons. The topological polar surface area (TPSA) is 92.1 Å². The molecule has 9 nitrogen and oxygen atoms in total. The lowest BCUT2D eigenvalue weighted by Gasteiger charge is -2.21. The molecule has 234 valence electrons. The molecule has 4 aromatic rings. The summed E-state index contributed by atoms with van der Waals surface area (Å²) in [6, 6.07) is 19.9. The van der Waals surface area contributed by atoms with Crippen molar-refractivity contribution >= 4 is 28.6 Å². The van der Waals surface area contributed by atoms with Gasteiger partial charge in [-0.3, -0.25) is 14.1 Å². The van der Waals surface area contributed by atoms with E-state index in [1.54, 1.807) is 16.7 Å². The van der Waals surface area contributed by atoms with Crippen LogP contribution in [0.15, 0.2) is 60.7 Å². The smallest absolute Gasteiger partial charge is 0.306 e. The van der Waals surface area contributed by atoms with E-state index < -0.39 is 0 Å². The minimum absolute atomic E-state index is 0.121. The van der Waals surface area contributed by atoms with Crippen LogP contribution in [0.5, 0.6) is 17.2 Å². The highest BCUT2D eigenvalue weighted by Gasteiger charge is 2.27. The molecule has 0 aliphatic rings. The van der Waals surface area contributed by atoms with Gasteiger partial charge < -0.3 is 24.4 Å². The Morgan fingerprint density at radius 2 is 1.27 bits per heavy atom. The number of nitrogens with zero attached hydrogens (tertiary/aromatic N) is 4. The van der Waals surface area contributed by atoms with E-state index in [1.165, 1.54) is 14.2 Å². The summed E-state index contributed by atoms with van der Waals surface area (Å²) in [6.45, 7) is 14.7. The highest BCUT2D eigenvalue weighted by molar-refractivity contribution is 8.11. The molecule has 0 fully saturated rings. The molecule has 0 atom stereocenters. The number of phenolic OH excluding ortho intramolecular Hbond substituents is 1. The van der Waals surface area contributed by atoms with E-state index >= 15 is 0 Å². The lowest BCUT2D eigenvalue weighted by molar-refractivity contribution is 0.262. The molecule has 1 aromatic heterocycles. The summed E-state index contributed by atoms with van der Waals surface area (Å²) in [5.74, 6) is 0.721. The lowest BCUT2D eigenvalue weighted by Crippen LogP contribution is -2.21. The molecule has 0 spiro atoms. The largest absolute Gasteiger partial charge is 0.502 e. The molecule has 0 aliphatic heterocycles. The number of ether oxygens (including phenoxy) is 2. The van der Waals surface area contributed by atoms with Crippen LogP contribution < -0.4 is 24.0 Å². The number of benzene rings is 3. The number of methoxy groups -OCH3 is 2. The van der Waals surface area contributed by atoms with Gasteiger partial charge in [-0.1, -0.05) is 31.2 Å². The van der Waals surface area contributed by atoms with Crippen LogP contribution in [0.25, 0.3) is 33.9 Å². The second-order valence-electron chi connectivity index (χ2n) is 10.0. The van der Waals surface area contributed by atoms with Gasteiger partial charge in [0.05, 0.1) is 25.6 Å². The summed E-state index contributed by atoms with van der Waals surface area (Å²) in [7, 11) is 2.95. The van der Waals surface area contributed by atoms with E-state index in [0.717, 1.165) is 60.6 Å². The first kappa shape index (κ1) is 32.8. The van der Waals surface area contributed by atoms with Gasteiger partial charge in [0, 0.05) is 72.7 Å². The Labute approximate surface area is 264 Å². The van der Waals surface area contributed by atoms with Crippen molar-refractivity contribution in [1.29, 1.82) is 0 Å². The summed E-state index contributed by atoms with van der Waals surface area (Å²) < 4.78 is 15.6. The SMILES string of the molecule is CCNSC(=O)n1c(-c2cc(OC)c(O)c(OC)c2)nc(-c2ccc(N(CC)CC)cc2)c1-c1ccc(N(CC)CC)cc1. The molecule has 0 amide bonds. The number of carbonyl (C=O) groups is 1. The summed E-state index contributed by atoms with van der Waals surface area (Å²) >= 11 is 1.01. The van der Waals surface area contributed by atoms with Gasteiger partial charge in [0.25, 0.3) is 0 Å². The maximum Gasteiger partial charge on any atom is 0.306 e. The predicted octanol–water partition coefficient (Wildman–Crippen LogP) is 7.53. The van der Waals surface area contributed by atoms with Gasteiger partial charge in [0.1, 0.15) is 5.82 Å². The number of phenols is 1. The predicted molar refractivity (Wildman–Crippen MR) is 182 cm³/mol. The Hall–Kier alpha value is -4.15. The Balaban J connectivity index is 2.03. The van der Waals surface area contributed by atoms with Gasteiger partial charge in [-0.2, -0.15) is 0 Å². The second kappa shape index (κ2) is 15.0. The highest BCUT2D eigenvalue weighted by Crippen LogP contribution is 2.43. The third-order valence-electron chi connectivity index (χ3n) is 7.64. The number of rotatable bonds is 13. The van der Waals surface area contributed by atoms with Crippen LogP contribution in [0.2, 0.25) is 0 Å². The first-order valence-corrected chi connectivity index (χ1v) is 15.9. The Morgan fingerprint density at radius 1 is 0.795 bits per heavy atom. The number of carbonyl (C=O) groups excluding carboxylic acids is 1. The van der Waals surface area contributed by atoms with Gasteiger partial charge in [-0.25, -0.2) is 4.98 Å². The standard InChI is InChI=1S/C34H43N5O4S/c1-8-35-44-34(41)39-31(24-15-19-27(20-16-24)38(11-4)12-5)30(23-13-17-26(18-14-23)37(9-2)10-3)36-33(39)25-21-28(42-6)32(40)29(22-25)43-7/h13-22,35,40H,8-12H2,1-7H3. The number of imidazole rings is 1. The third-order valence-corrected chi connectivity index (χ3v) is 8.43. The molecule has 2 N–H and O–H groups in total. The Kier molecular flexibility index (Phi) is 11.2. The van der Waals surface area contributed by atoms with E-state index in [0.29, 0.717) is 29.3 Å². The number of anilines is 2. The molecular formula is C34H43N5O4S. The summed E-state index contributed by atoms with van der Waals surface area (Å²) in [6.07, 6.45) is 0. The van der Waals surface area contributed by atoms with Gasteiger partial charge in [-0.05, 0) is 64.1 Å². The molecule has 4 rings (SSSR count). The average Bonchev–Trinajstić information content (AvgIpc) is 3.46. The van der Waals surface area contributed by atoms with Gasteiger partial charge in [0.2, 0.25) is 5.75 Å². The summed E-state index contributed by atoms with van der Waals surface area (Å²) in [5, 5.41) is 10.4. The van der Waals surface area contributed by atoms with Crippen molar-refractivity contribution < 1.29 is 19.4 Å².